The van der Waals surface area contributed by atoms with Gasteiger partial charge in [-0.05, 0) is 23.3 Å². The fourth-order valence-electron chi connectivity index (χ4n) is 2.22. The second kappa shape index (κ2) is 6.85. The first-order valence-corrected chi connectivity index (χ1v) is 7.25. The summed E-state index contributed by atoms with van der Waals surface area (Å²) in [7, 11) is 0. The number of hydrogen-bond donors (Lipinski definition) is 2. The molecule has 2 N–H and O–H groups in total. The predicted octanol–water partition coefficient (Wildman–Crippen LogP) is 2.46. The highest BCUT2D eigenvalue weighted by atomic mass is 16.6. The average Bonchev–Trinajstić information content (AvgIpc) is 2.59. The van der Waals surface area contributed by atoms with Crippen molar-refractivity contribution in [1.29, 1.82) is 0 Å². The Morgan fingerprint density at radius 1 is 0.864 bits per heavy atom. The molecule has 0 bridgehead atoms. The quantitative estimate of drug-likeness (QED) is 0.911. The molecule has 0 unspecified atom stereocenters. The molecule has 2 aromatic rings. The third-order valence-corrected chi connectivity index (χ3v) is 3.36. The molecular weight excluding hydrogens is 280 g/mol. The molecule has 114 valence electrons. The van der Waals surface area contributed by atoms with Gasteiger partial charge in [0.15, 0.2) is 11.5 Å². The van der Waals surface area contributed by atoms with Gasteiger partial charge >= 0.3 is 6.03 Å². The monoisotopic (exact) mass is 298 g/mol. The Labute approximate surface area is 129 Å². The van der Waals surface area contributed by atoms with Gasteiger partial charge in [0.05, 0.1) is 0 Å². The normalized spacial score (nSPS) is 12.5. The smallest absolute Gasteiger partial charge is 0.315 e. The molecule has 0 aromatic heterocycles. The maximum Gasteiger partial charge on any atom is 0.315 e. The zero-order chi connectivity index (χ0) is 15.2. The SMILES string of the molecule is O=C(NCc1ccccc1)NCc1ccc2c(c1)OCCO2. The van der Waals surface area contributed by atoms with Crippen LogP contribution in [-0.4, -0.2) is 19.2 Å². The van der Waals surface area contributed by atoms with Gasteiger partial charge < -0.3 is 20.1 Å². The standard InChI is InChI=1S/C17H18N2O3/c20-17(18-11-13-4-2-1-3-5-13)19-12-14-6-7-15-16(10-14)22-9-8-21-15/h1-7,10H,8-9,11-12H2,(H2,18,19,20). The van der Waals surface area contributed by atoms with Crippen LogP contribution >= 0.6 is 0 Å². The predicted molar refractivity (Wildman–Crippen MR) is 82.9 cm³/mol. The van der Waals surface area contributed by atoms with Crippen LogP contribution in [0.15, 0.2) is 48.5 Å². The Bertz CT molecular complexity index is 644. The van der Waals surface area contributed by atoms with Gasteiger partial charge in [-0.2, -0.15) is 0 Å². The maximum absolute atomic E-state index is 11.8. The third kappa shape index (κ3) is 3.69. The van der Waals surface area contributed by atoms with Crippen molar-refractivity contribution in [3.8, 4) is 11.5 Å². The van der Waals surface area contributed by atoms with Crippen LogP contribution in [0.2, 0.25) is 0 Å². The number of hydrogen-bond acceptors (Lipinski definition) is 3. The van der Waals surface area contributed by atoms with Crippen LogP contribution in [0.1, 0.15) is 11.1 Å². The lowest BCUT2D eigenvalue weighted by molar-refractivity contribution is 0.171. The minimum atomic E-state index is -0.196. The van der Waals surface area contributed by atoms with Gasteiger partial charge in [0.25, 0.3) is 0 Å². The van der Waals surface area contributed by atoms with Crippen molar-refractivity contribution >= 4 is 6.03 Å². The summed E-state index contributed by atoms with van der Waals surface area (Å²) >= 11 is 0. The van der Waals surface area contributed by atoms with Gasteiger partial charge in [0, 0.05) is 13.1 Å². The molecule has 1 aliphatic rings. The molecule has 3 rings (SSSR count). The van der Waals surface area contributed by atoms with Crippen LogP contribution < -0.4 is 20.1 Å². The Morgan fingerprint density at radius 2 is 1.55 bits per heavy atom. The van der Waals surface area contributed by atoms with Crippen LogP contribution in [0.25, 0.3) is 0 Å². The Kier molecular flexibility index (Phi) is 4.44. The van der Waals surface area contributed by atoms with E-state index in [1.165, 1.54) is 0 Å². The summed E-state index contributed by atoms with van der Waals surface area (Å²) in [5.74, 6) is 1.48. The molecule has 1 heterocycles. The number of urea groups is 1. The molecule has 0 aliphatic carbocycles. The number of nitrogens with one attached hydrogen (secondary N) is 2. The summed E-state index contributed by atoms with van der Waals surface area (Å²) in [5.41, 5.74) is 2.04. The molecule has 0 radical (unpaired) electrons. The van der Waals surface area contributed by atoms with Crippen LogP contribution in [0.5, 0.6) is 11.5 Å². The second-order valence-corrected chi connectivity index (χ2v) is 5.00. The zero-order valence-corrected chi connectivity index (χ0v) is 12.2. The second-order valence-electron chi connectivity index (χ2n) is 5.00. The van der Waals surface area contributed by atoms with Gasteiger partial charge in [-0.25, -0.2) is 4.79 Å². The van der Waals surface area contributed by atoms with E-state index in [0.717, 1.165) is 22.6 Å². The van der Waals surface area contributed by atoms with Gasteiger partial charge in [0.1, 0.15) is 13.2 Å². The maximum atomic E-state index is 11.8. The van der Waals surface area contributed by atoms with Crippen molar-refractivity contribution in [3.05, 3.63) is 59.7 Å². The highest BCUT2D eigenvalue weighted by Gasteiger charge is 2.11. The van der Waals surface area contributed by atoms with E-state index in [1.807, 2.05) is 48.5 Å². The topological polar surface area (TPSA) is 59.6 Å². The van der Waals surface area contributed by atoms with Crippen molar-refractivity contribution in [3.63, 3.8) is 0 Å². The number of benzene rings is 2. The van der Waals surface area contributed by atoms with E-state index in [1.54, 1.807) is 0 Å². The molecule has 0 saturated carbocycles. The van der Waals surface area contributed by atoms with Crippen molar-refractivity contribution in [2.45, 2.75) is 13.1 Å². The molecule has 0 atom stereocenters. The van der Waals surface area contributed by atoms with E-state index in [-0.39, 0.29) is 6.03 Å². The first kappa shape index (κ1) is 14.3. The summed E-state index contributed by atoms with van der Waals surface area (Å²) in [5, 5.41) is 5.66. The van der Waals surface area contributed by atoms with Crippen LogP contribution in [0.4, 0.5) is 4.79 Å². The number of fused-ring (bicyclic) bond motifs is 1. The van der Waals surface area contributed by atoms with E-state index in [4.69, 9.17) is 9.47 Å². The fraction of sp³-hybridized carbons (Fsp3) is 0.235. The Morgan fingerprint density at radius 3 is 2.32 bits per heavy atom. The molecule has 0 spiro atoms. The zero-order valence-electron chi connectivity index (χ0n) is 12.2. The molecule has 22 heavy (non-hydrogen) atoms. The fourth-order valence-corrected chi connectivity index (χ4v) is 2.22. The summed E-state index contributed by atoms with van der Waals surface area (Å²) in [6, 6.07) is 15.3. The van der Waals surface area contributed by atoms with E-state index >= 15 is 0 Å². The van der Waals surface area contributed by atoms with Crippen LogP contribution in [0, 0.1) is 0 Å². The molecule has 0 fully saturated rings. The van der Waals surface area contributed by atoms with Gasteiger partial charge in [-0.3, -0.25) is 0 Å². The first-order valence-electron chi connectivity index (χ1n) is 7.25. The van der Waals surface area contributed by atoms with Crippen molar-refractivity contribution < 1.29 is 14.3 Å². The third-order valence-electron chi connectivity index (χ3n) is 3.36. The van der Waals surface area contributed by atoms with E-state index in [2.05, 4.69) is 10.6 Å². The highest BCUT2D eigenvalue weighted by molar-refractivity contribution is 5.73. The number of rotatable bonds is 4. The summed E-state index contributed by atoms with van der Waals surface area (Å²) in [4.78, 5) is 11.8. The molecule has 1 aliphatic heterocycles. The largest absolute Gasteiger partial charge is 0.486 e. The summed E-state index contributed by atoms with van der Waals surface area (Å²) in [6.07, 6.45) is 0. The Balaban J connectivity index is 1.48. The molecule has 0 saturated heterocycles. The van der Waals surface area contributed by atoms with E-state index in [9.17, 15) is 4.79 Å². The molecule has 5 nitrogen and oxygen atoms in total. The average molecular weight is 298 g/mol. The molecule has 2 amide bonds. The first-order chi connectivity index (χ1) is 10.8. The Hall–Kier alpha value is -2.69. The van der Waals surface area contributed by atoms with E-state index in [0.29, 0.717) is 26.3 Å². The minimum absolute atomic E-state index is 0.196. The van der Waals surface area contributed by atoms with Gasteiger partial charge in [0.2, 0.25) is 0 Å². The molecule has 5 heteroatoms. The van der Waals surface area contributed by atoms with Crippen LogP contribution in [-0.2, 0) is 13.1 Å². The van der Waals surface area contributed by atoms with Gasteiger partial charge in [-0.1, -0.05) is 36.4 Å². The van der Waals surface area contributed by atoms with Gasteiger partial charge in [-0.15, -0.1) is 0 Å². The number of carbonyl (C=O) groups is 1. The summed E-state index contributed by atoms with van der Waals surface area (Å²) < 4.78 is 11.0. The molecular formula is C17H18N2O3. The number of ether oxygens (including phenoxy) is 2. The van der Waals surface area contributed by atoms with E-state index < -0.39 is 0 Å². The van der Waals surface area contributed by atoms with Crippen LogP contribution in [0.3, 0.4) is 0 Å². The van der Waals surface area contributed by atoms with Crippen molar-refractivity contribution in [2.24, 2.45) is 0 Å². The number of amides is 2. The summed E-state index contributed by atoms with van der Waals surface area (Å²) in [6.45, 7) is 2.08. The van der Waals surface area contributed by atoms with Crippen molar-refractivity contribution in [2.75, 3.05) is 13.2 Å². The molecule has 2 aromatic carbocycles. The highest BCUT2D eigenvalue weighted by Crippen LogP contribution is 2.30. The lowest BCUT2D eigenvalue weighted by Crippen LogP contribution is -2.34. The lowest BCUT2D eigenvalue weighted by atomic mass is 10.2. The minimum Gasteiger partial charge on any atom is -0.486 e. The van der Waals surface area contributed by atoms with Crippen molar-refractivity contribution in [1.82, 2.24) is 10.6 Å². The number of carbonyl (C=O) groups excluding carboxylic acids is 1. The lowest BCUT2D eigenvalue weighted by Gasteiger charge is -2.19.